The Balaban J connectivity index is 1.70. The number of nitrogens with one attached hydrogen (secondary N) is 1. The third-order valence-corrected chi connectivity index (χ3v) is 5.05. The summed E-state index contributed by atoms with van der Waals surface area (Å²) >= 11 is 0. The minimum absolute atomic E-state index is 0.0467. The van der Waals surface area contributed by atoms with Gasteiger partial charge in [-0.25, -0.2) is 4.98 Å². The van der Waals surface area contributed by atoms with E-state index in [1.807, 2.05) is 18.2 Å². The van der Waals surface area contributed by atoms with E-state index in [9.17, 15) is 4.79 Å². The molecule has 4 rings (SSSR count). The van der Waals surface area contributed by atoms with Crippen LogP contribution in [0.25, 0.3) is 11.1 Å². The SMILES string of the molecule is CC1N(c2cc(-c3ccc(C#N)nc3)c[nH]c2=O)CCOC12COC2. The van der Waals surface area contributed by atoms with Gasteiger partial charge in [0.2, 0.25) is 0 Å². The van der Waals surface area contributed by atoms with E-state index in [2.05, 4.69) is 21.8 Å². The van der Waals surface area contributed by atoms with Gasteiger partial charge in [-0.1, -0.05) is 0 Å². The molecule has 2 fully saturated rings. The minimum Gasteiger partial charge on any atom is -0.375 e. The van der Waals surface area contributed by atoms with Crippen LogP contribution in [0.2, 0.25) is 0 Å². The highest BCUT2D eigenvalue weighted by molar-refractivity contribution is 5.67. The van der Waals surface area contributed by atoms with Crippen molar-refractivity contribution in [3.05, 3.63) is 46.6 Å². The highest BCUT2D eigenvalue weighted by Gasteiger charge is 2.50. The Kier molecular flexibility index (Phi) is 3.79. The fourth-order valence-electron chi connectivity index (χ4n) is 3.38. The second kappa shape index (κ2) is 5.99. The van der Waals surface area contributed by atoms with Gasteiger partial charge in [-0.15, -0.1) is 0 Å². The third kappa shape index (κ3) is 2.60. The number of nitrogens with zero attached hydrogens (tertiary/aromatic N) is 3. The Bertz CT molecular complexity index is 880. The largest absolute Gasteiger partial charge is 0.375 e. The number of aromatic amines is 1. The van der Waals surface area contributed by atoms with Gasteiger partial charge < -0.3 is 19.4 Å². The predicted octanol–water partition coefficient (Wildman–Crippen LogP) is 1.30. The quantitative estimate of drug-likeness (QED) is 0.887. The molecule has 128 valence electrons. The zero-order valence-electron chi connectivity index (χ0n) is 13.9. The van der Waals surface area contributed by atoms with Gasteiger partial charge in [-0.05, 0) is 25.1 Å². The number of anilines is 1. The van der Waals surface area contributed by atoms with Gasteiger partial charge in [0, 0.05) is 30.1 Å². The normalized spacial score (nSPS) is 21.6. The lowest BCUT2D eigenvalue weighted by atomic mass is 9.90. The molecule has 7 nitrogen and oxygen atoms in total. The van der Waals surface area contributed by atoms with Crippen LogP contribution in [0.3, 0.4) is 0 Å². The molecular weight excluding hydrogens is 320 g/mol. The van der Waals surface area contributed by atoms with Gasteiger partial charge in [-0.2, -0.15) is 5.26 Å². The van der Waals surface area contributed by atoms with Crippen molar-refractivity contribution in [1.29, 1.82) is 5.26 Å². The number of morpholine rings is 1. The molecule has 2 aromatic rings. The van der Waals surface area contributed by atoms with Gasteiger partial charge in [0.1, 0.15) is 23.1 Å². The summed E-state index contributed by atoms with van der Waals surface area (Å²) in [7, 11) is 0. The van der Waals surface area contributed by atoms with E-state index in [4.69, 9.17) is 14.7 Å². The lowest BCUT2D eigenvalue weighted by Crippen LogP contribution is -2.68. The Morgan fingerprint density at radius 3 is 2.88 bits per heavy atom. The standard InChI is InChI=1S/C18H18N4O3/c1-12-18(10-24-11-18)25-5-4-22(12)16-6-14(9-21-17(16)23)13-2-3-15(7-19)20-8-13/h2-3,6,8-9,12H,4-5,10-11H2,1H3,(H,21,23). The van der Waals surface area contributed by atoms with E-state index >= 15 is 0 Å². The van der Waals surface area contributed by atoms with Gasteiger partial charge in [-0.3, -0.25) is 4.79 Å². The lowest BCUT2D eigenvalue weighted by Gasteiger charge is -2.53. The van der Waals surface area contributed by atoms with E-state index in [1.54, 1.807) is 18.5 Å². The second-order valence-corrected chi connectivity index (χ2v) is 6.42. The van der Waals surface area contributed by atoms with Gasteiger partial charge in [0.05, 0.1) is 25.9 Å². The number of hydrogen-bond donors (Lipinski definition) is 1. The molecule has 7 heteroatoms. The number of pyridine rings is 2. The molecule has 0 radical (unpaired) electrons. The number of aromatic nitrogens is 2. The summed E-state index contributed by atoms with van der Waals surface area (Å²) in [5.41, 5.74) is 2.22. The van der Waals surface area contributed by atoms with Crippen LogP contribution >= 0.6 is 0 Å². The van der Waals surface area contributed by atoms with E-state index in [0.717, 1.165) is 11.1 Å². The zero-order valence-corrected chi connectivity index (χ0v) is 13.9. The van der Waals surface area contributed by atoms with Crippen LogP contribution in [0.4, 0.5) is 5.69 Å². The number of H-pyrrole nitrogens is 1. The van der Waals surface area contributed by atoms with E-state index in [1.165, 1.54) is 0 Å². The lowest BCUT2D eigenvalue weighted by molar-refractivity contribution is -0.228. The van der Waals surface area contributed by atoms with Crippen LogP contribution in [-0.2, 0) is 9.47 Å². The van der Waals surface area contributed by atoms with E-state index in [0.29, 0.717) is 37.7 Å². The summed E-state index contributed by atoms with van der Waals surface area (Å²) in [4.78, 5) is 21.4. The Morgan fingerprint density at radius 2 is 2.24 bits per heavy atom. The van der Waals surface area contributed by atoms with E-state index in [-0.39, 0.29) is 17.2 Å². The molecule has 2 saturated heterocycles. The highest BCUT2D eigenvalue weighted by Crippen LogP contribution is 2.34. The van der Waals surface area contributed by atoms with Gasteiger partial charge >= 0.3 is 0 Å². The average Bonchev–Trinajstić information content (AvgIpc) is 2.61. The number of rotatable bonds is 2. The predicted molar refractivity (Wildman–Crippen MR) is 91.3 cm³/mol. The Morgan fingerprint density at radius 1 is 1.40 bits per heavy atom. The first-order valence-corrected chi connectivity index (χ1v) is 8.20. The molecule has 0 aromatic carbocycles. The van der Waals surface area contributed by atoms with Crippen molar-refractivity contribution >= 4 is 5.69 Å². The van der Waals surface area contributed by atoms with Crippen molar-refractivity contribution < 1.29 is 9.47 Å². The van der Waals surface area contributed by atoms with Crippen LogP contribution in [0.1, 0.15) is 12.6 Å². The first kappa shape index (κ1) is 15.8. The van der Waals surface area contributed by atoms with Crippen LogP contribution < -0.4 is 10.5 Å². The topological polar surface area (TPSA) is 91.2 Å². The maximum atomic E-state index is 12.4. The molecule has 1 N–H and O–H groups in total. The Labute approximate surface area is 144 Å². The van der Waals surface area contributed by atoms with Crippen molar-refractivity contribution in [2.45, 2.75) is 18.6 Å². The summed E-state index contributed by atoms with van der Waals surface area (Å²) < 4.78 is 11.3. The van der Waals surface area contributed by atoms with Crippen molar-refractivity contribution in [1.82, 2.24) is 9.97 Å². The molecule has 2 aromatic heterocycles. The Hall–Kier alpha value is -2.69. The molecule has 1 spiro atoms. The van der Waals surface area contributed by atoms with Crippen LogP contribution in [-0.4, -0.2) is 48.0 Å². The molecule has 0 aliphatic carbocycles. The van der Waals surface area contributed by atoms with Crippen LogP contribution in [0.5, 0.6) is 0 Å². The summed E-state index contributed by atoms with van der Waals surface area (Å²) in [6.45, 7) is 4.40. The average molecular weight is 338 g/mol. The minimum atomic E-state index is -0.323. The molecule has 1 unspecified atom stereocenters. The van der Waals surface area contributed by atoms with E-state index < -0.39 is 0 Å². The monoisotopic (exact) mass is 338 g/mol. The van der Waals surface area contributed by atoms with Gasteiger partial charge in [0.15, 0.2) is 0 Å². The number of hydrogen-bond acceptors (Lipinski definition) is 6. The van der Waals surface area contributed by atoms with Crippen molar-refractivity contribution in [2.75, 3.05) is 31.3 Å². The first-order chi connectivity index (χ1) is 12.1. The molecule has 2 aliphatic rings. The maximum Gasteiger partial charge on any atom is 0.271 e. The maximum absolute atomic E-state index is 12.4. The summed E-state index contributed by atoms with van der Waals surface area (Å²) in [5.74, 6) is 0. The molecule has 0 bridgehead atoms. The fourth-order valence-corrected chi connectivity index (χ4v) is 3.38. The fraction of sp³-hybridized carbons (Fsp3) is 0.389. The number of nitriles is 1. The third-order valence-electron chi connectivity index (χ3n) is 5.05. The van der Waals surface area contributed by atoms with Crippen molar-refractivity contribution in [2.24, 2.45) is 0 Å². The molecular formula is C18H18N4O3. The smallest absolute Gasteiger partial charge is 0.271 e. The summed E-state index contributed by atoms with van der Waals surface area (Å²) in [6, 6.07) is 7.41. The van der Waals surface area contributed by atoms with Crippen LogP contribution in [0, 0.1) is 11.3 Å². The summed E-state index contributed by atoms with van der Waals surface area (Å²) in [6.07, 6.45) is 3.31. The second-order valence-electron chi connectivity index (χ2n) is 6.42. The molecule has 4 heterocycles. The summed E-state index contributed by atoms with van der Waals surface area (Å²) in [5, 5.41) is 8.87. The molecule has 2 aliphatic heterocycles. The van der Waals surface area contributed by atoms with Gasteiger partial charge in [0.25, 0.3) is 5.56 Å². The molecule has 0 saturated carbocycles. The molecule has 0 amide bonds. The number of ether oxygens (including phenoxy) is 2. The molecule has 1 atom stereocenters. The highest BCUT2D eigenvalue weighted by atomic mass is 16.6. The van der Waals surface area contributed by atoms with Crippen molar-refractivity contribution in [3.63, 3.8) is 0 Å². The molecule has 25 heavy (non-hydrogen) atoms. The zero-order chi connectivity index (χ0) is 17.4. The van der Waals surface area contributed by atoms with Crippen LogP contribution in [0.15, 0.2) is 35.4 Å². The van der Waals surface area contributed by atoms with Crippen molar-refractivity contribution in [3.8, 4) is 17.2 Å². The first-order valence-electron chi connectivity index (χ1n) is 8.20.